The summed E-state index contributed by atoms with van der Waals surface area (Å²) in [6.07, 6.45) is 0.870. The van der Waals surface area contributed by atoms with E-state index in [0.717, 1.165) is 34.7 Å². The third-order valence-corrected chi connectivity index (χ3v) is 4.60. The van der Waals surface area contributed by atoms with Crippen molar-refractivity contribution >= 4 is 11.6 Å². The third kappa shape index (κ3) is 5.44. The van der Waals surface area contributed by atoms with Gasteiger partial charge in [-0.25, -0.2) is 4.99 Å². The van der Waals surface area contributed by atoms with Crippen LogP contribution in [-0.4, -0.2) is 19.2 Å². The van der Waals surface area contributed by atoms with Crippen LogP contribution in [0.2, 0.25) is 0 Å². The van der Waals surface area contributed by atoms with Gasteiger partial charge in [-0.15, -0.1) is 0 Å². The Bertz CT molecular complexity index is 1010. The maximum atomic E-state index is 6.07. The fourth-order valence-corrected chi connectivity index (χ4v) is 3.08. The summed E-state index contributed by atoms with van der Waals surface area (Å²) in [7, 11) is 0. The first-order valence-electron chi connectivity index (χ1n) is 9.98. The van der Waals surface area contributed by atoms with E-state index in [-0.39, 0.29) is 0 Å². The minimum Gasteiger partial charge on any atom is -0.490 e. The highest BCUT2D eigenvalue weighted by atomic mass is 16.5. The Balaban J connectivity index is 1.34. The van der Waals surface area contributed by atoms with Crippen molar-refractivity contribution in [3.05, 3.63) is 83.9 Å². The Kier molecular flexibility index (Phi) is 6.35. The van der Waals surface area contributed by atoms with Crippen molar-refractivity contribution in [1.82, 2.24) is 0 Å². The second kappa shape index (κ2) is 9.69. The largest absolute Gasteiger partial charge is 0.490 e. The van der Waals surface area contributed by atoms with Crippen molar-refractivity contribution in [3.8, 4) is 17.2 Å². The normalized spacial score (nSPS) is 13.4. The Morgan fingerprint density at radius 2 is 1.70 bits per heavy atom. The number of nitrogens with two attached hydrogens (primary N) is 1. The molecular formula is C24H25N3O3. The van der Waals surface area contributed by atoms with Gasteiger partial charge in [0.2, 0.25) is 0 Å². The quantitative estimate of drug-likeness (QED) is 0.472. The number of fused-ring (bicyclic) bond motifs is 1. The fourth-order valence-electron chi connectivity index (χ4n) is 3.08. The molecular weight excluding hydrogens is 378 g/mol. The Morgan fingerprint density at radius 1 is 0.900 bits per heavy atom. The summed E-state index contributed by atoms with van der Waals surface area (Å²) in [5.41, 5.74) is 9.02. The average Bonchev–Trinajstić information content (AvgIpc) is 3.02. The van der Waals surface area contributed by atoms with Gasteiger partial charge < -0.3 is 25.3 Å². The van der Waals surface area contributed by atoms with Gasteiger partial charge in [0.05, 0.1) is 19.8 Å². The van der Waals surface area contributed by atoms with Gasteiger partial charge in [0.25, 0.3) is 0 Å². The summed E-state index contributed by atoms with van der Waals surface area (Å²) < 4.78 is 17.2. The van der Waals surface area contributed by atoms with Gasteiger partial charge in [0.1, 0.15) is 12.4 Å². The molecule has 0 fully saturated rings. The first-order valence-corrected chi connectivity index (χ1v) is 9.98. The van der Waals surface area contributed by atoms with Crippen molar-refractivity contribution in [2.75, 3.05) is 18.5 Å². The van der Waals surface area contributed by atoms with E-state index in [1.165, 1.54) is 0 Å². The lowest BCUT2D eigenvalue weighted by molar-refractivity contribution is 0.297. The maximum Gasteiger partial charge on any atom is 0.193 e. The van der Waals surface area contributed by atoms with E-state index in [4.69, 9.17) is 19.9 Å². The zero-order valence-corrected chi connectivity index (χ0v) is 16.7. The number of ether oxygens (including phenoxy) is 3. The molecule has 0 radical (unpaired) electrons. The average molecular weight is 403 g/mol. The van der Waals surface area contributed by atoms with Crippen LogP contribution in [0.3, 0.4) is 0 Å². The molecule has 0 unspecified atom stereocenters. The molecule has 1 heterocycles. The van der Waals surface area contributed by atoms with E-state index < -0.39 is 0 Å². The fraction of sp³-hybridized carbons (Fsp3) is 0.208. The Hall–Kier alpha value is -3.67. The van der Waals surface area contributed by atoms with Crippen LogP contribution in [0.5, 0.6) is 17.2 Å². The van der Waals surface area contributed by atoms with E-state index in [9.17, 15) is 0 Å². The van der Waals surface area contributed by atoms with Gasteiger partial charge in [0.15, 0.2) is 17.5 Å². The number of nitrogens with one attached hydrogen (secondary N) is 1. The number of hydrogen-bond donors (Lipinski definition) is 2. The first kappa shape index (κ1) is 19.6. The molecule has 0 saturated carbocycles. The molecule has 3 aromatic carbocycles. The van der Waals surface area contributed by atoms with Crippen LogP contribution in [-0.2, 0) is 13.2 Å². The molecule has 1 aliphatic rings. The second-order valence-electron chi connectivity index (χ2n) is 6.96. The molecule has 3 aromatic rings. The SMILES string of the molecule is NC(=NCc1cccc(OCc2ccccc2)c1)Nc1ccc2c(c1)OCCCO2. The molecule has 0 saturated heterocycles. The van der Waals surface area contributed by atoms with Gasteiger partial charge in [-0.3, -0.25) is 0 Å². The van der Waals surface area contributed by atoms with Crippen LogP contribution in [0, 0.1) is 0 Å². The van der Waals surface area contributed by atoms with Crippen LogP contribution >= 0.6 is 0 Å². The maximum absolute atomic E-state index is 6.07. The predicted octanol–water partition coefficient (Wildman–Crippen LogP) is 4.35. The molecule has 1 aliphatic heterocycles. The van der Waals surface area contributed by atoms with E-state index >= 15 is 0 Å². The lowest BCUT2D eigenvalue weighted by atomic mass is 10.2. The van der Waals surface area contributed by atoms with Crippen molar-refractivity contribution in [1.29, 1.82) is 0 Å². The van der Waals surface area contributed by atoms with Crippen molar-refractivity contribution < 1.29 is 14.2 Å². The van der Waals surface area contributed by atoms with Gasteiger partial charge in [-0.05, 0) is 35.4 Å². The van der Waals surface area contributed by atoms with Crippen LogP contribution in [0.25, 0.3) is 0 Å². The number of anilines is 1. The molecule has 4 rings (SSSR count). The Labute approximate surface area is 176 Å². The standard InChI is InChI=1S/C24H25N3O3/c25-24(27-20-10-11-22-23(15-20)29-13-5-12-28-22)26-16-19-8-4-9-21(14-19)30-17-18-6-2-1-3-7-18/h1-4,6-11,14-15H,5,12-13,16-17H2,(H3,25,26,27). The number of aliphatic imine (C=N–C) groups is 1. The summed E-state index contributed by atoms with van der Waals surface area (Å²) in [6, 6.07) is 23.6. The zero-order chi connectivity index (χ0) is 20.6. The molecule has 0 aliphatic carbocycles. The molecule has 0 aromatic heterocycles. The van der Waals surface area contributed by atoms with Crippen LogP contribution < -0.4 is 25.3 Å². The molecule has 6 nitrogen and oxygen atoms in total. The molecule has 30 heavy (non-hydrogen) atoms. The van der Waals surface area contributed by atoms with Crippen molar-refractivity contribution in [2.24, 2.45) is 10.7 Å². The number of guanidine groups is 1. The van der Waals surface area contributed by atoms with Crippen molar-refractivity contribution in [2.45, 2.75) is 19.6 Å². The zero-order valence-electron chi connectivity index (χ0n) is 16.7. The highest BCUT2D eigenvalue weighted by Gasteiger charge is 2.10. The number of hydrogen-bond acceptors (Lipinski definition) is 4. The summed E-state index contributed by atoms with van der Waals surface area (Å²) in [6.45, 7) is 2.29. The highest BCUT2D eigenvalue weighted by Crippen LogP contribution is 2.32. The molecule has 0 atom stereocenters. The lowest BCUT2D eigenvalue weighted by Crippen LogP contribution is -2.22. The second-order valence-corrected chi connectivity index (χ2v) is 6.96. The lowest BCUT2D eigenvalue weighted by Gasteiger charge is -2.11. The minimum atomic E-state index is 0.333. The van der Waals surface area contributed by atoms with E-state index in [2.05, 4.69) is 10.3 Å². The Morgan fingerprint density at radius 3 is 2.57 bits per heavy atom. The molecule has 0 spiro atoms. The summed E-state index contributed by atoms with van der Waals surface area (Å²) >= 11 is 0. The van der Waals surface area contributed by atoms with Gasteiger partial charge in [-0.2, -0.15) is 0 Å². The molecule has 3 N–H and O–H groups in total. The first-order chi connectivity index (χ1) is 14.8. The molecule has 154 valence electrons. The summed E-state index contributed by atoms with van der Waals surface area (Å²) in [5.74, 6) is 2.61. The topological polar surface area (TPSA) is 78.1 Å². The van der Waals surface area contributed by atoms with Gasteiger partial charge in [0, 0.05) is 18.2 Å². The monoisotopic (exact) mass is 403 g/mol. The van der Waals surface area contributed by atoms with E-state index in [0.29, 0.717) is 38.1 Å². The van der Waals surface area contributed by atoms with Crippen molar-refractivity contribution in [3.63, 3.8) is 0 Å². The van der Waals surface area contributed by atoms with Gasteiger partial charge in [-0.1, -0.05) is 42.5 Å². The number of benzene rings is 3. The van der Waals surface area contributed by atoms with Gasteiger partial charge >= 0.3 is 0 Å². The minimum absolute atomic E-state index is 0.333. The predicted molar refractivity (Wildman–Crippen MR) is 118 cm³/mol. The highest BCUT2D eigenvalue weighted by molar-refractivity contribution is 5.92. The third-order valence-electron chi connectivity index (χ3n) is 4.60. The summed E-state index contributed by atoms with van der Waals surface area (Å²) in [5, 5.41) is 3.10. The van der Waals surface area contributed by atoms with E-state index in [1.807, 2.05) is 72.8 Å². The summed E-state index contributed by atoms with van der Waals surface area (Å²) in [4.78, 5) is 4.44. The van der Waals surface area contributed by atoms with Crippen LogP contribution in [0.1, 0.15) is 17.5 Å². The smallest absolute Gasteiger partial charge is 0.193 e. The molecule has 0 amide bonds. The van der Waals surface area contributed by atoms with Crippen LogP contribution in [0.15, 0.2) is 77.8 Å². The van der Waals surface area contributed by atoms with Crippen LogP contribution in [0.4, 0.5) is 5.69 Å². The molecule has 6 heteroatoms. The number of nitrogens with zero attached hydrogens (tertiary/aromatic N) is 1. The molecule has 0 bridgehead atoms. The number of rotatable bonds is 6. The van der Waals surface area contributed by atoms with E-state index in [1.54, 1.807) is 0 Å².